The van der Waals surface area contributed by atoms with Gasteiger partial charge in [0.1, 0.15) is 0 Å². The standard InChI is InChI=1S/C17H15Cl2N3O2S2/c1-21(8-11-3-2-4-13(18)16(11)19)15(24)10-25-9-12-7-14(23)22-5-6-26-17(22)20-12/h2-7H,8-10H2,1H3. The van der Waals surface area contributed by atoms with Gasteiger partial charge in [0.05, 0.1) is 21.5 Å². The van der Waals surface area contributed by atoms with E-state index in [4.69, 9.17) is 23.2 Å². The summed E-state index contributed by atoms with van der Waals surface area (Å²) in [6.07, 6.45) is 1.70. The molecule has 0 bridgehead atoms. The number of fused-ring (bicyclic) bond motifs is 1. The molecule has 0 fully saturated rings. The minimum absolute atomic E-state index is 0.0278. The second-order valence-corrected chi connectivity index (χ2v) is 8.24. The molecule has 9 heteroatoms. The smallest absolute Gasteiger partial charge is 0.258 e. The molecular formula is C17H15Cl2N3O2S2. The van der Waals surface area contributed by atoms with Crippen LogP contribution in [-0.4, -0.2) is 33.0 Å². The quantitative estimate of drug-likeness (QED) is 0.597. The molecule has 3 rings (SSSR count). The lowest BCUT2D eigenvalue weighted by molar-refractivity contribution is -0.127. The zero-order chi connectivity index (χ0) is 18.7. The summed E-state index contributed by atoms with van der Waals surface area (Å²) in [7, 11) is 1.72. The van der Waals surface area contributed by atoms with Crippen LogP contribution in [0.25, 0.3) is 4.96 Å². The van der Waals surface area contributed by atoms with E-state index in [0.717, 1.165) is 5.56 Å². The van der Waals surface area contributed by atoms with Crippen molar-refractivity contribution in [3.05, 3.63) is 67.5 Å². The first kappa shape index (κ1) is 19.2. The van der Waals surface area contributed by atoms with Gasteiger partial charge in [-0.25, -0.2) is 4.98 Å². The number of nitrogens with zero attached hydrogens (tertiary/aromatic N) is 3. The highest BCUT2D eigenvalue weighted by molar-refractivity contribution is 7.99. The number of carbonyl (C=O) groups is 1. The van der Waals surface area contributed by atoms with Crippen molar-refractivity contribution in [2.75, 3.05) is 12.8 Å². The van der Waals surface area contributed by atoms with E-state index < -0.39 is 0 Å². The molecule has 0 aliphatic heterocycles. The van der Waals surface area contributed by atoms with Gasteiger partial charge >= 0.3 is 0 Å². The topological polar surface area (TPSA) is 54.7 Å². The predicted molar refractivity (Wildman–Crippen MR) is 108 cm³/mol. The molecule has 3 aromatic rings. The predicted octanol–water partition coefficient (Wildman–Crippen LogP) is 3.95. The molecule has 0 aliphatic carbocycles. The second-order valence-electron chi connectivity index (χ2n) is 5.60. The van der Waals surface area contributed by atoms with Crippen molar-refractivity contribution < 1.29 is 4.79 Å². The third-order valence-electron chi connectivity index (χ3n) is 3.70. The van der Waals surface area contributed by atoms with Crippen molar-refractivity contribution in [1.82, 2.24) is 14.3 Å². The number of aromatic nitrogens is 2. The Balaban J connectivity index is 1.56. The van der Waals surface area contributed by atoms with Gasteiger partial charge in [0.15, 0.2) is 4.96 Å². The Morgan fingerprint density at radius 1 is 1.38 bits per heavy atom. The molecule has 0 saturated carbocycles. The first-order valence-corrected chi connectivity index (χ1v) is 10.4. The maximum absolute atomic E-state index is 12.3. The van der Waals surface area contributed by atoms with Crippen LogP contribution < -0.4 is 5.56 Å². The lowest BCUT2D eigenvalue weighted by atomic mass is 10.2. The zero-order valence-corrected chi connectivity index (χ0v) is 17.0. The van der Waals surface area contributed by atoms with Crippen LogP contribution in [0.15, 0.2) is 40.6 Å². The van der Waals surface area contributed by atoms with Crippen molar-refractivity contribution in [3.8, 4) is 0 Å². The molecule has 0 N–H and O–H groups in total. The molecule has 5 nitrogen and oxygen atoms in total. The number of amides is 1. The molecular weight excluding hydrogens is 413 g/mol. The molecule has 1 aromatic carbocycles. The van der Waals surface area contributed by atoms with E-state index in [1.54, 1.807) is 24.2 Å². The number of carbonyl (C=O) groups excluding carboxylic acids is 1. The molecule has 1 amide bonds. The minimum atomic E-state index is -0.106. The van der Waals surface area contributed by atoms with E-state index in [1.807, 2.05) is 17.5 Å². The second kappa shape index (κ2) is 8.43. The fourth-order valence-corrected chi connectivity index (χ4v) is 4.30. The minimum Gasteiger partial charge on any atom is -0.341 e. The molecule has 0 aliphatic rings. The molecule has 0 spiro atoms. The average molecular weight is 428 g/mol. The highest BCUT2D eigenvalue weighted by Gasteiger charge is 2.13. The number of halogens is 2. The summed E-state index contributed by atoms with van der Waals surface area (Å²) in [5, 5.41) is 2.76. The fraction of sp³-hybridized carbons (Fsp3) is 0.235. The van der Waals surface area contributed by atoms with Gasteiger partial charge in [-0.2, -0.15) is 0 Å². The van der Waals surface area contributed by atoms with E-state index in [2.05, 4.69) is 4.98 Å². The number of thioether (sulfide) groups is 1. The first-order valence-electron chi connectivity index (χ1n) is 7.66. The van der Waals surface area contributed by atoms with Gasteiger partial charge in [0, 0.05) is 37.0 Å². The fourth-order valence-electron chi connectivity index (χ4n) is 2.33. The van der Waals surface area contributed by atoms with E-state index in [1.165, 1.54) is 33.6 Å². The van der Waals surface area contributed by atoms with Crippen LogP contribution in [0, 0.1) is 0 Å². The summed E-state index contributed by atoms with van der Waals surface area (Å²) >= 11 is 15.0. The molecule has 0 radical (unpaired) electrons. The highest BCUT2D eigenvalue weighted by atomic mass is 35.5. The Morgan fingerprint density at radius 2 is 2.19 bits per heavy atom. The van der Waals surface area contributed by atoms with Crippen LogP contribution in [0.2, 0.25) is 10.0 Å². The van der Waals surface area contributed by atoms with Gasteiger partial charge in [0.25, 0.3) is 5.56 Å². The maximum Gasteiger partial charge on any atom is 0.258 e. The van der Waals surface area contributed by atoms with Gasteiger partial charge in [-0.1, -0.05) is 35.3 Å². The lowest BCUT2D eigenvalue weighted by Crippen LogP contribution is -2.28. The molecule has 0 saturated heterocycles. The number of thiazole rings is 1. The van der Waals surface area contributed by atoms with Crippen molar-refractivity contribution >= 4 is 57.2 Å². The van der Waals surface area contributed by atoms with E-state index in [-0.39, 0.29) is 11.5 Å². The third kappa shape index (κ3) is 4.40. The van der Waals surface area contributed by atoms with Crippen LogP contribution in [0.4, 0.5) is 0 Å². The Kier molecular flexibility index (Phi) is 6.24. The van der Waals surface area contributed by atoms with Crippen LogP contribution >= 0.6 is 46.3 Å². The monoisotopic (exact) mass is 427 g/mol. The number of benzene rings is 1. The van der Waals surface area contributed by atoms with E-state index in [0.29, 0.717) is 38.8 Å². The molecule has 0 unspecified atom stereocenters. The van der Waals surface area contributed by atoms with Gasteiger partial charge in [-0.05, 0) is 11.6 Å². The molecule has 136 valence electrons. The van der Waals surface area contributed by atoms with Gasteiger partial charge in [-0.3, -0.25) is 14.0 Å². The van der Waals surface area contributed by atoms with Gasteiger partial charge < -0.3 is 4.90 Å². The average Bonchev–Trinajstić information content (AvgIpc) is 3.08. The highest BCUT2D eigenvalue weighted by Crippen LogP contribution is 2.26. The lowest BCUT2D eigenvalue weighted by Gasteiger charge is -2.18. The first-order chi connectivity index (χ1) is 12.5. The summed E-state index contributed by atoms with van der Waals surface area (Å²) in [5.41, 5.74) is 1.37. The van der Waals surface area contributed by atoms with E-state index in [9.17, 15) is 9.59 Å². The summed E-state index contributed by atoms with van der Waals surface area (Å²) < 4.78 is 1.51. The van der Waals surface area contributed by atoms with Crippen molar-refractivity contribution in [1.29, 1.82) is 0 Å². The van der Waals surface area contributed by atoms with Crippen LogP contribution in [0.1, 0.15) is 11.3 Å². The van der Waals surface area contributed by atoms with Gasteiger partial charge in [0.2, 0.25) is 5.91 Å². The largest absolute Gasteiger partial charge is 0.341 e. The Bertz CT molecular complexity index is 1000. The number of hydrogen-bond acceptors (Lipinski definition) is 5. The van der Waals surface area contributed by atoms with Crippen molar-refractivity contribution in [3.63, 3.8) is 0 Å². The van der Waals surface area contributed by atoms with Gasteiger partial charge in [-0.15, -0.1) is 23.1 Å². The Labute approximate surface area is 168 Å². The molecule has 26 heavy (non-hydrogen) atoms. The summed E-state index contributed by atoms with van der Waals surface area (Å²) in [5.74, 6) is 0.765. The zero-order valence-electron chi connectivity index (χ0n) is 13.8. The molecule has 2 aromatic heterocycles. The normalized spacial score (nSPS) is 11.0. The summed E-state index contributed by atoms with van der Waals surface area (Å²) in [4.78, 5) is 31.0. The summed E-state index contributed by atoms with van der Waals surface area (Å²) in [6.45, 7) is 0.388. The van der Waals surface area contributed by atoms with Crippen molar-refractivity contribution in [2.24, 2.45) is 0 Å². The Hall–Kier alpha value is -1.54. The third-order valence-corrected chi connectivity index (χ3v) is 6.26. The molecule has 2 heterocycles. The number of hydrogen-bond donors (Lipinski definition) is 0. The summed E-state index contributed by atoms with van der Waals surface area (Å²) in [6, 6.07) is 6.87. The molecule has 0 atom stereocenters. The SMILES string of the molecule is CN(Cc1cccc(Cl)c1Cl)C(=O)CSCc1cc(=O)n2ccsc2n1. The van der Waals surface area contributed by atoms with Crippen LogP contribution in [-0.2, 0) is 17.1 Å². The van der Waals surface area contributed by atoms with Crippen LogP contribution in [0.3, 0.4) is 0 Å². The van der Waals surface area contributed by atoms with E-state index >= 15 is 0 Å². The number of rotatable bonds is 6. The Morgan fingerprint density at radius 3 is 3.00 bits per heavy atom. The maximum atomic E-state index is 12.3. The van der Waals surface area contributed by atoms with Crippen molar-refractivity contribution in [2.45, 2.75) is 12.3 Å². The van der Waals surface area contributed by atoms with Crippen LogP contribution in [0.5, 0.6) is 0 Å².